The van der Waals surface area contributed by atoms with Gasteiger partial charge in [0.1, 0.15) is 6.54 Å². The van der Waals surface area contributed by atoms with Crippen molar-refractivity contribution >= 4 is 17.7 Å². The summed E-state index contributed by atoms with van der Waals surface area (Å²) in [6.45, 7) is 12.2. The van der Waals surface area contributed by atoms with Crippen molar-refractivity contribution in [3.05, 3.63) is 58.4 Å². The van der Waals surface area contributed by atoms with E-state index < -0.39 is 5.97 Å². The molecule has 0 atom stereocenters. The van der Waals surface area contributed by atoms with E-state index in [9.17, 15) is 14.4 Å². The van der Waals surface area contributed by atoms with Gasteiger partial charge in [0, 0.05) is 29.1 Å². The third-order valence-electron chi connectivity index (χ3n) is 4.96. The lowest BCUT2D eigenvalue weighted by Crippen LogP contribution is -2.31. The number of hydrogen-bond donors (Lipinski definition) is 1. The fraction of sp³-hybridized carbons (Fsp3) is 0.435. The van der Waals surface area contributed by atoms with E-state index in [-0.39, 0.29) is 30.3 Å². The monoisotopic (exact) mass is 398 g/mol. The number of carbonyl (C=O) groups excluding carboxylic acids is 3. The molecule has 0 aliphatic rings. The van der Waals surface area contributed by atoms with Crippen LogP contribution in [-0.2, 0) is 21.5 Å². The molecule has 0 unspecified atom stereocenters. The smallest absolute Gasteiger partial charge is 0.325 e. The fourth-order valence-electron chi connectivity index (χ4n) is 3.22. The van der Waals surface area contributed by atoms with Gasteiger partial charge in [0.05, 0.1) is 0 Å². The zero-order valence-corrected chi connectivity index (χ0v) is 18.1. The van der Waals surface area contributed by atoms with Crippen LogP contribution in [0.1, 0.15) is 65.4 Å². The SMILES string of the molecule is CCn1c(C)cc(C(=O)COC(=O)CNC(=O)c2ccc(C(C)(C)C)cc2)c1C. The first-order chi connectivity index (χ1) is 13.5. The molecule has 0 saturated heterocycles. The van der Waals surface area contributed by atoms with Crippen LogP contribution in [0.15, 0.2) is 30.3 Å². The van der Waals surface area contributed by atoms with E-state index in [1.54, 1.807) is 18.2 Å². The van der Waals surface area contributed by atoms with Gasteiger partial charge in [0.15, 0.2) is 6.61 Å². The highest BCUT2D eigenvalue weighted by atomic mass is 16.5. The number of ether oxygens (including phenoxy) is 1. The van der Waals surface area contributed by atoms with Crippen molar-refractivity contribution in [2.24, 2.45) is 0 Å². The Labute approximate surface area is 172 Å². The third kappa shape index (κ3) is 5.56. The summed E-state index contributed by atoms with van der Waals surface area (Å²) in [5.41, 5.74) is 3.99. The van der Waals surface area contributed by atoms with E-state index in [2.05, 4.69) is 26.1 Å². The zero-order valence-electron chi connectivity index (χ0n) is 18.1. The van der Waals surface area contributed by atoms with Gasteiger partial charge in [-0.15, -0.1) is 0 Å². The van der Waals surface area contributed by atoms with Crippen LogP contribution in [0.4, 0.5) is 0 Å². The second-order valence-corrected chi connectivity index (χ2v) is 8.12. The summed E-state index contributed by atoms with van der Waals surface area (Å²) >= 11 is 0. The molecule has 2 rings (SSSR count). The first-order valence-electron chi connectivity index (χ1n) is 9.79. The van der Waals surface area contributed by atoms with E-state index in [0.29, 0.717) is 11.1 Å². The molecule has 1 amide bonds. The van der Waals surface area contributed by atoms with E-state index in [1.807, 2.05) is 37.5 Å². The molecule has 0 spiro atoms. The lowest BCUT2D eigenvalue weighted by Gasteiger charge is -2.19. The predicted octanol–water partition coefficient (Wildman–Crippen LogP) is 3.58. The molecule has 1 N–H and O–H groups in total. The van der Waals surface area contributed by atoms with E-state index in [0.717, 1.165) is 23.5 Å². The number of Topliss-reactive ketones (excluding diaryl/α,β-unsaturated/α-hetero) is 1. The average molecular weight is 399 g/mol. The molecule has 2 aromatic rings. The minimum absolute atomic E-state index is 0.000347. The first-order valence-corrected chi connectivity index (χ1v) is 9.79. The minimum atomic E-state index is -0.651. The summed E-state index contributed by atoms with van der Waals surface area (Å²) in [7, 11) is 0. The van der Waals surface area contributed by atoms with Crippen LogP contribution in [0.3, 0.4) is 0 Å². The standard InChI is InChI=1S/C23H30N2O4/c1-7-25-15(2)12-19(16(25)3)20(26)14-29-21(27)13-24-22(28)17-8-10-18(11-9-17)23(4,5)6/h8-12H,7,13-14H2,1-6H3,(H,24,28). The van der Waals surface area contributed by atoms with Gasteiger partial charge in [0.2, 0.25) is 5.78 Å². The molecule has 0 fully saturated rings. The highest BCUT2D eigenvalue weighted by Crippen LogP contribution is 2.22. The summed E-state index contributed by atoms with van der Waals surface area (Å²) in [6.07, 6.45) is 0. The number of aromatic nitrogens is 1. The number of benzene rings is 1. The second kappa shape index (κ2) is 9.07. The van der Waals surface area contributed by atoms with Gasteiger partial charge in [-0.05, 0) is 49.9 Å². The molecule has 0 aliphatic carbocycles. The molecule has 1 aromatic heterocycles. The Morgan fingerprint density at radius 3 is 2.21 bits per heavy atom. The normalized spacial score (nSPS) is 11.2. The Hall–Kier alpha value is -2.89. The van der Waals surface area contributed by atoms with E-state index in [4.69, 9.17) is 4.74 Å². The van der Waals surface area contributed by atoms with Crippen LogP contribution in [0.2, 0.25) is 0 Å². The Morgan fingerprint density at radius 1 is 1.07 bits per heavy atom. The Morgan fingerprint density at radius 2 is 1.69 bits per heavy atom. The predicted molar refractivity (Wildman–Crippen MR) is 112 cm³/mol. The average Bonchev–Trinajstić information content (AvgIpc) is 2.97. The number of nitrogens with zero attached hydrogens (tertiary/aromatic N) is 1. The number of nitrogens with one attached hydrogen (secondary N) is 1. The van der Waals surface area contributed by atoms with Gasteiger partial charge >= 0.3 is 5.97 Å². The summed E-state index contributed by atoms with van der Waals surface area (Å²) in [5.74, 6) is -1.27. The number of esters is 1. The van der Waals surface area contributed by atoms with Crippen molar-refractivity contribution in [3.63, 3.8) is 0 Å². The number of carbonyl (C=O) groups is 3. The van der Waals surface area contributed by atoms with Crippen molar-refractivity contribution in [1.29, 1.82) is 0 Å². The Kier molecular flexibility index (Phi) is 7.01. The molecule has 1 aromatic carbocycles. The molecular formula is C23H30N2O4. The molecule has 6 nitrogen and oxygen atoms in total. The van der Waals surface area contributed by atoms with Crippen molar-refractivity contribution < 1.29 is 19.1 Å². The number of rotatable bonds is 7. The van der Waals surface area contributed by atoms with Crippen LogP contribution >= 0.6 is 0 Å². The Bertz CT molecular complexity index is 902. The van der Waals surface area contributed by atoms with Gasteiger partial charge in [0.25, 0.3) is 5.91 Å². The number of ketones is 1. The summed E-state index contributed by atoms with van der Waals surface area (Å²) in [5, 5.41) is 2.53. The van der Waals surface area contributed by atoms with Crippen LogP contribution in [0, 0.1) is 13.8 Å². The molecule has 156 valence electrons. The summed E-state index contributed by atoms with van der Waals surface area (Å²) in [6, 6.07) is 9.07. The molecule has 6 heteroatoms. The zero-order chi connectivity index (χ0) is 21.8. The van der Waals surface area contributed by atoms with Crippen molar-refractivity contribution in [2.45, 2.75) is 53.5 Å². The van der Waals surface area contributed by atoms with Gasteiger partial charge in [-0.25, -0.2) is 0 Å². The van der Waals surface area contributed by atoms with Crippen LogP contribution in [-0.4, -0.2) is 35.4 Å². The van der Waals surface area contributed by atoms with Crippen LogP contribution < -0.4 is 5.32 Å². The fourth-order valence-corrected chi connectivity index (χ4v) is 3.22. The molecule has 0 aliphatic heterocycles. The maximum Gasteiger partial charge on any atom is 0.325 e. The van der Waals surface area contributed by atoms with Crippen LogP contribution in [0.25, 0.3) is 0 Å². The second-order valence-electron chi connectivity index (χ2n) is 8.12. The van der Waals surface area contributed by atoms with Crippen molar-refractivity contribution in [3.8, 4) is 0 Å². The highest BCUT2D eigenvalue weighted by Gasteiger charge is 2.18. The topological polar surface area (TPSA) is 77.4 Å². The van der Waals surface area contributed by atoms with Gasteiger partial charge in [-0.3, -0.25) is 14.4 Å². The van der Waals surface area contributed by atoms with Gasteiger partial charge < -0.3 is 14.6 Å². The van der Waals surface area contributed by atoms with Crippen molar-refractivity contribution in [2.75, 3.05) is 13.2 Å². The molecule has 1 heterocycles. The maximum absolute atomic E-state index is 12.3. The minimum Gasteiger partial charge on any atom is -0.456 e. The molecule has 0 bridgehead atoms. The summed E-state index contributed by atoms with van der Waals surface area (Å²) in [4.78, 5) is 36.5. The number of amides is 1. The highest BCUT2D eigenvalue weighted by molar-refractivity contribution is 6.00. The molecule has 0 radical (unpaired) electrons. The lowest BCUT2D eigenvalue weighted by atomic mass is 9.87. The van der Waals surface area contributed by atoms with E-state index in [1.165, 1.54) is 0 Å². The maximum atomic E-state index is 12.3. The van der Waals surface area contributed by atoms with Crippen LogP contribution in [0.5, 0.6) is 0 Å². The Balaban J connectivity index is 1.85. The van der Waals surface area contributed by atoms with E-state index >= 15 is 0 Å². The van der Waals surface area contributed by atoms with Gasteiger partial charge in [-0.1, -0.05) is 32.9 Å². The largest absolute Gasteiger partial charge is 0.456 e. The molecular weight excluding hydrogens is 368 g/mol. The molecule has 29 heavy (non-hydrogen) atoms. The van der Waals surface area contributed by atoms with Crippen molar-refractivity contribution in [1.82, 2.24) is 9.88 Å². The molecule has 0 saturated carbocycles. The quantitative estimate of drug-likeness (QED) is 0.571. The number of hydrogen-bond acceptors (Lipinski definition) is 4. The summed E-state index contributed by atoms with van der Waals surface area (Å²) < 4.78 is 7.06. The number of aryl methyl sites for hydroxylation is 1. The van der Waals surface area contributed by atoms with Gasteiger partial charge in [-0.2, -0.15) is 0 Å². The lowest BCUT2D eigenvalue weighted by molar-refractivity contribution is -0.141. The third-order valence-corrected chi connectivity index (χ3v) is 4.96. The first kappa shape index (κ1) is 22.4.